The third kappa shape index (κ3) is 4.92. The fourth-order valence-corrected chi connectivity index (χ4v) is 5.01. The second-order valence-corrected chi connectivity index (χ2v) is 8.88. The summed E-state index contributed by atoms with van der Waals surface area (Å²) in [6.07, 6.45) is 6.44. The summed E-state index contributed by atoms with van der Waals surface area (Å²) < 4.78 is 0. The molecule has 0 bridgehead atoms. The monoisotopic (exact) mass is 398 g/mol. The number of benzene rings is 1. The predicted octanol–water partition coefficient (Wildman–Crippen LogP) is 3.33. The third-order valence-electron chi connectivity index (χ3n) is 6.79. The molecule has 0 aliphatic carbocycles. The Hall–Kier alpha value is -2.08. The number of carbonyl (C=O) groups is 2. The topological polar surface area (TPSA) is 55.9 Å². The van der Waals surface area contributed by atoms with Crippen LogP contribution in [-0.2, 0) is 4.79 Å². The fourth-order valence-electron chi connectivity index (χ4n) is 5.01. The normalized spacial score (nSPS) is 24.0. The number of piperidine rings is 2. The van der Waals surface area contributed by atoms with Crippen LogP contribution in [0.3, 0.4) is 0 Å². The van der Waals surface area contributed by atoms with E-state index < -0.39 is 0 Å². The van der Waals surface area contributed by atoms with Crippen LogP contribution >= 0.6 is 0 Å². The smallest absolute Gasteiger partial charge is 0.321 e. The highest BCUT2D eigenvalue weighted by atomic mass is 16.2. The van der Waals surface area contributed by atoms with Gasteiger partial charge in [0.1, 0.15) is 0 Å². The number of carbonyl (C=O) groups excluding carboxylic acids is 2. The molecule has 1 aromatic carbocycles. The number of anilines is 1. The molecular weight excluding hydrogens is 364 g/mol. The van der Waals surface area contributed by atoms with Gasteiger partial charge in [-0.2, -0.15) is 0 Å². The Morgan fingerprint density at radius 3 is 2.24 bits per heavy atom. The minimum absolute atomic E-state index is 0.00645. The largest absolute Gasteiger partial charge is 0.342 e. The maximum atomic E-state index is 12.8. The number of nitrogens with zero attached hydrogens (tertiary/aromatic N) is 3. The number of amides is 3. The molecule has 6 heteroatoms. The van der Waals surface area contributed by atoms with Gasteiger partial charge in [-0.05, 0) is 64.1 Å². The van der Waals surface area contributed by atoms with Crippen LogP contribution in [-0.4, -0.2) is 71.9 Å². The van der Waals surface area contributed by atoms with Crippen molar-refractivity contribution in [3.05, 3.63) is 29.8 Å². The summed E-state index contributed by atoms with van der Waals surface area (Å²) in [6.45, 7) is 7.49. The average Bonchev–Trinajstić information content (AvgIpc) is 3.30. The first kappa shape index (κ1) is 20.2. The number of rotatable bonds is 3. The van der Waals surface area contributed by atoms with Crippen molar-refractivity contribution in [1.29, 1.82) is 0 Å². The maximum absolute atomic E-state index is 12.8. The highest BCUT2D eigenvalue weighted by Crippen LogP contribution is 2.26. The van der Waals surface area contributed by atoms with E-state index in [-0.39, 0.29) is 11.9 Å². The van der Waals surface area contributed by atoms with Crippen molar-refractivity contribution in [2.24, 2.45) is 5.92 Å². The van der Waals surface area contributed by atoms with E-state index in [1.807, 2.05) is 36.1 Å². The highest BCUT2D eigenvalue weighted by molar-refractivity contribution is 5.89. The van der Waals surface area contributed by atoms with Crippen molar-refractivity contribution < 1.29 is 9.59 Å². The number of likely N-dealkylation sites (tertiary alicyclic amines) is 3. The summed E-state index contributed by atoms with van der Waals surface area (Å²) in [6, 6.07) is 8.41. The molecule has 29 heavy (non-hydrogen) atoms. The summed E-state index contributed by atoms with van der Waals surface area (Å²) in [5.41, 5.74) is 2.04. The van der Waals surface area contributed by atoms with Crippen molar-refractivity contribution in [3.63, 3.8) is 0 Å². The fraction of sp³-hybridized carbons (Fsp3) is 0.652. The van der Waals surface area contributed by atoms with Crippen LogP contribution in [0.15, 0.2) is 24.3 Å². The lowest BCUT2D eigenvalue weighted by Crippen LogP contribution is -2.52. The highest BCUT2D eigenvalue weighted by Gasteiger charge is 2.34. The molecule has 3 heterocycles. The Morgan fingerprint density at radius 2 is 1.55 bits per heavy atom. The van der Waals surface area contributed by atoms with E-state index in [4.69, 9.17) is 0 Å². The van der Waals surface area contributed by atoms with Crippen LogP contribution in [0.4, 0.5) is 10.5 Å². The third-order valence-corrected chi connectivity index (χ3v) is 6.79. The Bertz CT molecular complexity index is 706. The Kier molecular flexibility index (Phi) is 6.38. The summed E-state index contributed by atoms with van der Waals surface area (Å²) in [4.78, 5) is 31.9. The number of nitrogens with one attached hydrogen (secondary N) is 1. The first-order valence-electron chi connectivity index (χ1n) is 11.3. The lowest BCUT2D eigenvalue weighted by molar-refractivity contribution is -0.136. The lowest BCUT2D eigenvalue weighted by Gasteiger charge is -2.42. The van der Waals surface area contributed by atoms with Gasteiger partial charge in [-0.25, -0.2) is 4.79 Å². The van der Waals surface area contributed by atoms with Crippen LogP contribution in [0, 0.1) is 12.8 Å². The standard InChI is InChI=1S/C23H34N4O2/c1-18-6-8-20(9-7-18)24-23(29)26-15-10-21(11-16-26)27-14-4-5-19(17-27)22(28)25-12-2-3-13-25/h6-9,19,21H,2-5,10-17H2,1H3,(H,24,29)/t19-/m1/s1. The van der Waals surface area contributed by atoms with E-state index in [1.165, 1.54) is 5.56 Å². The molecule has 0 aromatic heterocycles. The molecule has 0 radical (unpaired) electrons. The molecule has 4 rings (SSSR count). The summed E-state index contributed by atoms with van der Waals surface area (Å²) >= 11 is 0. The minimum atomic E-state index is -0.00645. The van der Waals surface area contributed by atoms with Crippen molar-refractivity contribution in [3.8, 4) is 0 Å². The number of urea groups is 1. The van der Waals surface area contributed by atoms with E-state index in [0.717, 1.165) is 83.5 Å². The second-order valence-electron chi connectivity index (χ2n) is 8.88. The molecule has 3 saturated heterocycles. The Labute approximate surface area is 174 Å². The molecule has 3 fully saturated rings. The lowest BCUT2D eigenvalue weighted by atomic mass is 9.93. The molecule has 1 N–H and O–H groups in total. The molecule has 0 unspecified atom stereocenters. The van der Waals surface area contributed by atoms with Crippen molar-refractivity contribution in [2.45, 2.75) is 51.5 Å². The number of hydrogen-bond donors (Lipinski definition) is 1. The van der Waals surface area contributed by atoms with Gasteiger partial charge in [0.25, 0.3) is 0 Å². The first-order valence-corrected chi connectivity index (χ1v) is 11.3. The molecule has 3 aliphatic rings. The second kappa shape index (κ2) is 9.16. The van der Waals surface area contributed by atoms with Crippen molar-refractivity contribution >= 4 is 17.6 Å². The summed E-state index contributed by atoms with van der Waals surface area (Å²) in [5, 5.41) is 3.01. The van der Waals surface area contributed by atoms with Gasteiger partial charge >= 0.3 is 6.03 Å². The Morgan fingerprint density at radius 1 is 0.862 bits per heavy atom. The molecule has 1 aromatic rings. The first-order chi connectivity index (χ1) is 14.1. The van der Waals surface area contributed by atoms with Crippen molar-refractivity contribution in [1.82, 2.24) is 14.7 Å². The van der Waals surface area contributed by atoms with E-state index in [2.05, 4.69) is 15.1 Å². The Balaban J connectivity index is 1.26. The van der Waals surface area contributed by atoms with Gasteiger partial charge in [-0.1, -0.05) is 17.7 Å². The number of aryl methyl sites for hydroxylation is 1. The molecule has 158 valence electrons. The van der Waals surface area contributed by atoms with E-state index in [9.17, 15) is 9.59 Å². The van der Waals surface area contributed by atoms with E-state index in [1.54, 1.807) is 0 Å². The number of hydrogen-bond acceptors (Lipinski definition) is 3. The van der Waals surface area contributed by atoms with Gasteiger partial charge in [0.05, 0.1) is 5.92 Å². The summed E-state index contributed by atoms with van der Waals surface area (Å²) in [5.74, 6) is 0.548. The van der Waals surface area contributed by atoms with Crippen molar-refractivity contribution in [2.75, 3.05) is 44.6 Å². The molecule has 6 nitrogen and oxygen atoms in total. The van der Waals surface area contributed by atoms with Gasteiger partial charge in [-0.3, -0.25) is 9.69 Å². The van der Waals surface area contributed by atoms with E-state index in [0.29, 0.717) is 11.9 Å². The molecule has 3 amide bonds. The van der Waals surface area contributed by atoms with Crippen LogP contribution in [0.1, 0.15) is 44.1 Å². The quantitative estimate of drug-likeness (QED) is 0.850. The van der Waals surface area contributed by atoms with Gasteiger partial charge in [0.15, 0.2) is 0 Å². The van der Waals surface area contributed by atoms with Crippen LogP contribution in [0.5, 0.6) is 0 Å². The van der Waals surface area contributed by atoms with Crippen LogP contribution in [0.25, 0.3) is 0 Å². The van der Waals surface area contributed by atoms with E-state index >= 15 is 0 Å². The SMILES string of the molecule is Cc1ccc(NC(=O)N2CCC(N3CCC[C@@H](C(=O)N4CCCC4)C3)CC2)cc1. The zero-order valence-electron chi connectivity index (χ0n) is 17.6. The van der Waals surface area contributed by atoms with Crippen LogP contribution in [0.2, 0.25) is 0 Å². The maximum Gasteiger partial charge on any atom is 0.321 e. The predicted molar refractivity (Wildman–Crippen MR) is 115 cm³/mol. The molecule has 3 aliphatic heterocycles. The average molecular weight is 399 g/mol. The molecule has 0 saturated carbocycles. The minimum Gasteiger partial charge on any atom is -0.342 e. The molecular formula is C23H34N4O2. The zero-order valence-corrected chi connectivity index (χ0v) is 17.6. The molecule has 1 atom stereocenters. The van der Waals surface area contributed by atoms with Gasteiger partial charge in [0.2, 0.25) is 5.91 Å². The van der Waals surface area contributed by atoms with Gasteiger partial charge in [-0.15, -0.1) is 0 Å². The summed E-state index contributed by atoms with van der Waals surface area (Å²) in [7, 11) is 0. The van der Waals surface area contributed by atoms with Gasteiger partial charge < -0.3 is 15.1 Å². The zero-order chi connectivity index (χ0) is 20.2. The van der Waals surface area contributed by atoms with Crippen LogP contribution < -0.4 is 5.32 Å². The molecule has 0 spiro atoms. The van der Waals surface area contributed by atoms with Gasteiger partial charge in [0, 0.05) is 44.5 Å².